The fourth-order valence-electron chi connectivity index (χ4n) is 3.15. The van der Waals surface area contributed by atoms with Crippen LogP contribution in [0.2, 0.25) is 0 Å². The number of nitrogens with zero attached hydrogens (tertiary/aromatic N) is 3. The maximum Gasteiger partial charge on any atom is 0.228 e. The van der Waals surface area contributed by atoms with Gasteiger partial charge >= 0.3 is 0 Å². The van der Waals surface area contributed by atoms with Crippen LogP contribution < -0.4 is 0 Å². The number of aromatic nitrogens is 1. The third kappa shape index (κ3) is 2.12. The average Bonchev–Trinajstić information content (AvgIpc) is 2.93. The number of likely N-dealkylation sites (tertiary alicyclic amines) is 2. The zero-order chi connectivity index (χ0) is 12.5. The molecule has 0 aromatic carbocycles. The fourth-order valence-corrected chi connectivity index (χ4v) is 3.15. The number of carbonyl (C=O) groups is 1. The maximum absolute atomic E-state index is 12.2. The summed E-state index contributed by atoms with van der Waals surface area (Å²) in [5, 5.41) is 0. The fraction of sp³-hybridized carbons (Fsp3) is 0.571. The predicted molar refractivity (Wildman–Crippen MR) is 69.0 cm³/mol. The van der Waals surface area contributed by atoms with Crippen molar-refractivity contribution in [3.63, 3.8) is 0 Å². The van der Waals surface area contributed by atoms with Crippen LogP contribution in [0.5, 0.6) is 0 Å². The highest BCUT2D eigenvalue weighted by atomic mass is 16.2. The molecule has 0 unspecified atom stereocenters. The zero-order valence-corrected chi connectivity index (χ0v) is 10.7. The molecule has 3 rings (SSSR count). The number of hydrogen-bond acceptors (Lipinski definition) is 3. The molecule has 0 N–H and O–H groups in total. The lowest BCUT2D eigenvalue weighted by Crippen LogP contribution is -2.35. The number of hydrogen-bond donors (Lipinski definition) is 0. The van der Waals surface area contributed by atoms with E-state index in [-0.39, 0.29) is 5.91 Å². The van der Waals surface area contributed by atoms with Gasteiger partial charge in [-0.25, -0.2) is 0 Å². The van der Waals surface area contributed by atoms with Gasteiger partial charge in [-0.2, -0.15) is 0 Å². The van der Waals surface area contributed by atoms with Crippen LogP contribution in [0.15, 0.2) is 24.4 Å². The quantitative estimate of drug-likeness (QED) is 0.773. The Hall–Kier alpha value is -1.42. The van der Waals surface area contributed by atoms with Gasteiger partial charge in [0.25, 0.3) is 0 Å². The molecule has 2 atom stereocenters. The van der Waals surface area contributed by atoms with Crippen LogP contribution in [0.25, 0.3) is 0 Å². The monoisotopic (exact) mass is 245 g/mol. The number of amides is 1. The van der Waals surface area contributed by atoms with E-state index in [4.69, 9.17) is 0 Å². The molecular formula is C14H19N3O. The molecule has 1 amide bonds. The van der Waals surface area contributed by atoms with Crippen molar-refractivity contribution in [2.45, 2.75) is 18.9 Å². The lowest BCUT2D eigenvalue weighted by molar-refractivity contribution is -0.129. The first-order valence-corrected chi connectivity index (χ1v) is 6.62. The summed E-state index contributed by atoms with van der Waals surface area (Å²) in [7, 11) is 2.16. The molecule has 4 heteroatoms. The number of rotatable bonds is 2. The molecular weight excluding hydrogens is 226 g/mol. The van der Waals surface area contributed by atoms with Crippen molar-refractivity contribution in [1.82, 2.24) is 14.8 Å². The molecule has 0 spiro atoms. The Morgan fingerprint density at radius 1 is 1.44 bits per heavy atom. The molecule has 0 aliphatic carbocycles. The van der Waals surface area contributed by atoms with Gasteiger partial charge in [0.15, 0.2) is 0 Å². The van der Waals surface area contributed by atoms with E-state index in [0.29, 0.717) is 18.4 Å². The molecule has 2 fully saturated rings. The molecule has 0 bridgehead atoms. The second kappa shape index (κ2) is 4.69. The molecule has 96 valence electrons. The summed E-state index contributed by atoms with van der Waals surface area (Å²) in [5.74, 6) is 0.902. The number of pyridine rings is 1. The third-order valence-electron chi connectivity index (χ3n) is 4.24. The Labute approximate surface area is 108 Å². The summed E-state index contributed by atoms with van der Waals surface area (Å²) < 4.78 is 0. The van der Waals surface area contributed by atoms with Gasteiger partial charge in [-0.15, -0.1) is 0 Å². The van der Waals surface area contributed by atoms with Crippen LogP contribution in [-0.4, -0.2) is 53.4 Å². The van der Waals surface area contributed by atoms with Crippen molar-refractivity contribution < 1.29 is 4.79 Å². The largest absolute Gasteiger partial charge is 0.340 e. The van der Waals surface area contributed by atoms with E-state index in [9.17, 15) is 4.79 Å². The van der Waals surface area contributed by atoms with Crippen LogP contribution in [0.1, 0.15) is 12.1 Å². The van der Waals surface area contributed by atoms with Crippen molar-refractivity contribution >= 4 is 5.91 Å². The van der Waals surface area contributed by atoms with Crippen molar-refractivity contribution in [2.24, 2.45) is 5.92 Å². The second-order valence-electron chi connectivity index (χ2n) is 5.39. The maximum atomic E-state index is 12.2. The molecule has 3 heterocycles. The van der Waals surface area contributed by atoms with Gasteiger partial charge in [0.05, 0.1) is 6.42 Å². The summed E-state index contributed by atoms with van der Waals surface area (Å²) in [6, 6.07) is 6.31. The molecule has 0 saturated carbocycles. The number of carbonyl (C=O) groups excluding carboxylic acids is 1. The van der Waals surface area contributed by atoms with Crippen molar-refractivity contribution in [1.29, 1.82) is 0 Å². The van der Waals surface area contributed by atoms with Gasteiger partial charge in [0, 0.05) is 31.0 Å². The van der Waals surface area contributed by atoms with Gasteiger partial charge in [-0.1, -0.05) is 6.07 Å². The smallest absolute Gasteiger partial charge is 0.228 e. The lowest BCUT2D eigenvalue weighted by Gasteiger charge is -2.20. The van der Waals surface area contributed by atoms with E-state index in [1.165, 1.54) is 13.0 Å². The van der Waals surface area contributed by atoms with Crippen LogP contribution in [0.4, 0.5) is 0 Å². The Kier molecular flexibility index (Phi) is 3.04. The van der Waals surface area contributed by atoms with E-state index >= 15 is 0 Å². The topological polar surface area (TPSA) is 36.4 Å². The first kappa shape index (κ1) is 11.7. The average molecular weight is 245 g/mol. The number of fused-ring (bicyclic) bond motifs is 1. The minimum absolute atomic E-state index is 0.219. The first-order valence-electron chi connectivity index (χ1n) is 6.62. The van der Waals surface area contributed by atoms with Crippen molar-refractivity contribution in [3.8, 4) is 0 Å². The molecule has 1 aromatic rings. The molecule has 2 aliphatic heterocycles. The minimum atomic E-state index is 0.219. The van der Waals surface area contributed by atoms with E-state index < -0.39 is 0 Å². The summed E-state index contributed by atoms with van der Waals surface area (Å²) >= 11 is 0. The SMILES string of the molecule is CN1CC[C@H]2CN(C(=O)Cc3ccccn3)C[C@H]21. The summed E-state index contributed by atoms with van der Waals surface area (Å²) in [4.78, 5) is 20.8. The lowest BCUT2D eigenvalue weighted by atomic mass is 10.1. The summed E-state index contributed by atoms with van der Waals surface area (Å²) in [6.45, 7) is 3.01. The van der Waals surface area contributed by atoms with Gasteiger partial charge in [-0.05, 0) is 38.1 Å². The number of likely N-dealkylation sites (N-methyl/N-ethyl adjacent to an activating group) is 1. The molecule has 2 aliphatic rings. The van der Waals surface area contributed by atoms with Crippen LogP contribution in [0, 0.1) is 5.92 Å². The molecule has 1 aromatic heterocycles. The first-order chi connectivity index (χ1) is 8.74. The third-order valence-corrected chi connectivity index (χ3v) is 4.24. The summed E-state index contributed by atoms with van der Waals surface area (Å²) in [6.07, 6.45) is 3.41. The summed E-state index contributed by atoms with van der Waals surface area (Å²) in [5.41, 5.74) is 0.868. The van der Waals surface area contributed by atoms with Crippen molar-refractivity contribution in [2.75, 3.05) is 26.7 Å². The van der Waals surface area contributed by atoms with Gasteiger partial charge in [0.1, 0.15) is 0 Å². The Morgan fingerprint density at radius 3 is 3.06 bits per heavy atom. The standard InChI is InChI=1S/C14H19N3O/c1-16-7-5-11-9-17(10-13(11)16)14(18)8-12-4-2-3-6-15-12/h2-4,6,11,13H,5,7-10H2,1H3/t11-,13+/m0/s1. The van der Waals surface area contributed by atoms with Crippen LogP contribution in [0.3, 0.4) is 0 Å². The minimum Gasteiger partial charge on any atom is -0.340 e. The normalized spacial score (nSPS) is 27.5. The predicted octanol–water partition coefficient (Wildman–Crippen LogP) is 0.787. The van der Waals surface area contributed by atoms with E-state index in [1.807, 2.05) is 23.1 Å². The molecule has 0 radical (unpaired) electrons. The Morgan fingerprint density at radius 2 is 2.33 bits per heavy atom. The van der Waals surface area contributed by atoms with Crippen LogP contribution >= 0.6 is 0 Å². The van der Waals surface area contributed by atoms with Gasteiger partial charge < -0.3 is 9.80 Å². The molecule has 18 heavy (non-hydrogen) atoms. The highest BCUT2D eigenvalue weighted by Gasteiger charge is 2.40. The highest BCUT2D eigenvalue weighted by molar-refractivity contribution is 5.78. The Bertz CT molecular complexity index is 434. The zero-order valence-electron chi connectivity index (χ0n) is 10.7. The highest BCUT2D eigenvalue weighted by Crippen LogP contribution is 2.30. The van der Waals surface area contributed by atoms with Gasteiger partial charge in [-0.3, -0.25) is 9.78 Å². The van der Waals surface area contributed by atoms with E-state index in [1.54, 1.807) is 6.20 Å². The Balaban J connectivity index is 1.62. The molecule has 4 nitrogen and oxygen atoms in total. The van der Waals surface area contributed by atoms with Crippen molar-refractivity contribution in [3.05, 3.63) is 30.1 Å². The van der Waals surface area contributed by atoms with Crippen LogP contribution in [-0.2, 0) is 11.2 Å². The molecule has 2 saturated heterocycles. The van der Waals surface area contributed by atoms with E-state index in [0.717, 1.165) is 18.8 Å². The second-order valence-corrected chi connectivity index (χ2v) is 5.39. The van der Waals surface area contributed by atoms with Gasteiger partial charge in [0.2, 0.25) is 5.91 Å². The van der Waals surface area contributed by atoms with E-state index in [2.05, 4.69) is 16.9 Å².